The average Bonchev–Trinajstić information content (AvgIpc) is 2.34. The van der Waals surface area contributed by atoms with Gasteiger partial charge in [-0.15, -0.1) is 0 Å². The van der Waals surface area contributed by atoms with Crippen LogP contribution in [0.4, 0.5) is 0 Å². The molecule has 114 valence electrons. The van der Waals surface area contributed by atoms with Gasteiger partial charge < -0.3 is 0 Å². The molecule has 0 bridgehead atoms. The van der Waals surface area contributed by atoms with Crippen molar-refractivity contribution >= 4 is 16.2 Å². The molecule has 0 saturated carbocycles. The summed E-state index contributed by atoms with van der Waals surface area (Å²) in [5.41, 5.74) is 1.01. The molecular formula is C16H22N2O2S. The maximum Gasteiger partial charge on any atom is 0.236 e. The Morgan fingerprint density at radius 2 is 1.90 bits per heavy atom. The van der Waals surface area contributed by atoms with Crippen molar-refractivity contribution in [3.63, 3.8) is 0 Å². The highest BCUT2D eigenvalue weighted by Crippen LogP contribution is 2.17. The molecule has 0 fully saturated rings. The SMILES string of the molecule is C=C/N=C\C(=C\C(C)(C)C)NS(=O)(=O)Cc1ccccc1. The van der Waals surface area contributed by atoms with Crippen molar-refractivity contribution in [3.05, 3.63) is 60.4 Å². The molecule has 0 amide bonds. The fraction of sp³-hybridized carbons (Fsp3) is 0.312. The number of nitrogens with one attached hydrogen (secondary N) is 1. The van der Waals surface area contributed by atoms with Gasteiger partial charge >= 0.3 is 0 Å². The summed E-state index contributed by atoms with van der Waals surface area (Å²) in [4.78, 5) is 3.89. The van der Waals surface area contributed by atoms with Gasteiger partial charge in [-0.05, 0) is 11.0 Å². The predicted molar refractivity (Wildman–Crippen MR) is 88.4 cm³/mol. The largest absolute Gasteiger partial charge is 0.282 e. The van der Waals surface area contributed by atoms with E-state index in [1.165, 1.54) is 12.4 Å². The third kappa shape index (κ3) is 7.46. The van der Waals surface area contributed by atoms with Crippen LogP contribution in [0, 0.1) is 5.41 Å². The average molecular weight is 306 g/mol. The second kappa shape index (κ2) is 7.22. The van der Waals surface area contributed by atoms with Gasteiger partial charge in [0.2, 0.25) is 10.0 Å². The summed E-state index contributed by atoms with van der Waals surface area (Å²) >= 11 is 0. The number of aliphatic imine (C=N–C) groups is 1. The minimum absolute atomic E-state index is 0.0722. The number of sulfonamides is 1. The Labute approximate surface area is 127 Å². The van der Waals surface area contributed by atoms with Crippen LogP contribution in [-0.4, -0.2) is 14.6 Å². The van der Waals surface area contributed by atoms with Crippen LogP contribution in [0.5, 0.6) is 0 Å². The van der Waals surface area contributed by atoms with E-state index in [1.54, 1.807) is 12.1 Å². The summed E-state index contributed by atoms with van der Waals surface area (Å²) < 4.78 is 27.0. The molecule has 0 spiro atoms. The molecule has 0 saturated heterocycles. The molecule has 0 aliphatic rings. The van der Waals surface area contributed by atoms with Gasteiger partial charge in [-0.25, -0.2) is 8.42 Å². The Balaban J connectivity index is 2.94. The number of allylic oxidation sites excluding steroid dienone is 2. The molecule has 0 radical (unpaired) electrons. The Morgan fingerprint density at radius 1 is 1.29 bits per heavy atom. The molecule has 1 rings (SSSR count). The molecule has 0 atom stereocenters. The Morgan fingerprint density at radius 3 is 2.43 bits per heavy atom. The fourth-order valence-corrected chi connectivity index (χ4v) is 2.88. The van der Waals surface area contributed by atoms with Gasteiger partial charge in [0.05, 0.1) is 17.7 Å². The van der Waals surface area contributed by atoms with Crippen molar-refractivity contribution < 1.29 is 8.42 Å². The highest BCUT2D eigenvalue weighted by atomic mass is 32.2. The van der Waals surface area contributed by atoms with Crippen molar-refractivity contribution in [2.24, 2.45) is 10.4 Å². The lowest BCUT2D eigenvalue weighted by Crippen LogP contribution is -2.26. The lowest BCUT2D eigenvalue weighted by atomic mass is 9.96. The van der Waals surface area contributed by atoms with E-state index in [9.17, 15) is 8.42 Å². The Bertz CT molecular complexity index is 624. The third-order valence-corrected chi connectivity index (χ3v) is 3.64. The zero-order valence-electron chi connectivity index (χ0n) is 12.7. The van der Waals surface area contributed by atoms with Crippen LogP contribution >= 0.6 is 0 Å². The van der Waals surface area contributed by atoms with E-state index >= 15 is 0 Å². The van der Waals surface area contributed by atoms with Gasteiger partial charge in [0.25, 0.3) is 0 Å². The molecule has 1 aromatic carbocycles. The van der Waals surface area contributed by atoms with Crippen molar-refractivity contribution in [3.8, 4) is 0 Å². The van der Waals surface area contributed by atoms with Gasteiger partial charge in [-0.3, -0.25) is 9.71 Å². The van der Waals surface area contributed by atoms with Crippen LogP contribution in [0.25, 0.3) is 0 Å². The quantitative estimate of drug-likeness (QED) is 0.820. The van der Waals surface area contributed by atoms with Gasteiger partial charge in [-0.2, -0.15) is 0 Å². The molecule has 1 N–H and O–H groups in total. The fourth-order valence-electron chi connectivity index (χ4n) is 1.70. The first-order valence-electron chi connectivity index (χ1n) is 6.63. The lowest BCUT2D eigenvalue weighted by Gasteiger charge is -2.15. The van der Waals surface area contributed by atoms with Crippen LogP contribution in [0.2, 0.25) is 0 Å². The summed E-state index contributed by atoms with van der Waals surface area (Å²) in [7, 11) is -3.48. The lowest BCUT2D eigenvalue weighted by molar-refractivity contribution is 0.539. The van der Waals surface area contributed by atoms with Crippen LogP contribution in [0.3, 0.4) is 0 Å². The van der Waals surface area contributed by atoms with Crippen LogP contribution in [0.15, 0.2) is 59.9 Å². The minimum atomic E-state index is -3.48. The molecule has 0 unspecified atom stereocenters. The van der Waals surface area contributed by atoms with Gasteiger partial charge in [0.15, 0.2) is 0 Å². The summed E-state index contributed by atoms with van der Waals surface area (Å²) in [6.07, 6.45) is 4.64. The topological polar surface area (TPSA) is 58.5 Å². The predicted octanol–water partition coefficient (Wildman–Crippen LogP) is 3.25. The number of hydrogen-bond donors (Lipinski definition) is 1. The Kier molecular flexibility index (Phi) is 5.90. The van der Waals surface area contributed by atoms with Crippen molar-refractivity contribution in [2.75, 3.05) is 0 Å². The smallest absolute Gasteiger partial charge is 0.236 e. The molecule has 21 heavy (non-hydrogen) atoms. The second-order valence-corrected chi connectivity index (χ2v) is 7.50. The number of rotatable bonds is 6. The Hall–Kier alpha value is -1.88. The first kappa shape index (κ1) is 17.2. The summed E-state index contributed by atoms with van der Waals surface area (Å²) in [6, 6.07) is 9.05. The summed E-state index contributed by atoms with van der Waals surface area (Å²) in [5, 5.41) is 0. The monoisotopic (exact) mass is 306 g/mol. The van der Waals surface area contributed by atoms with Gasteiger partial charge in [0.1, 0.15) is 0 Å². The molecule has 5 heteroatoms. The van der Waals surface area contributed by atoms with E-state index in [2.05, 4.69) is 16.3 Å². The van der Waals surface area contributed by atoms with Crippen LogP contribution < -0.4 is 4.72 Å². The third-order valence-electron chi connectivity index (χ3n) is 2.38. The minimum Gasteiger partial charge on any atom is -0.282 e. The molecule has 0 aliphatic carbocycles. The maximum absolute atomic E-state index is 12.2. The molecular weight excluding hydrogens is 284 g/mol. The second-order valence-electron chi connectivity index (χ2n) is 5.77. The van der Waals surface area contributed by atoms with E-state index < -0.39 is 10.0 Å². The standard InChI is InChI=1S/C16H22N2O2S/c1-5-17-12-15(11-16(2,3)4)18-21(19,20)13-14-9-7-6-8-10-14/h5-12,18H,1,13H2,2-4H3/b15-11-,17-12-. The van der Waals surface area contributed by atoms with Crippen molar-refractivity contribution in [1.29, 1.82) is 0 Å². The maximum atomic E-state index is 12.2. The van der Waals surface area contributed by atoms with E-state index in [0.29, 0.717) is 5.70 Å². The van der Waals surface area contributed by atoms with E-state index in [4.69, 9.17) is 0 Å². The molecule has 0 aromatic heterocycles. The highest BCUT2D eigenvalue weighted by Gasteiger charge is 2.15. The van der Waals surface area contributed by atoms with Crippen molar-refractivity contribution in [1.82, 2.24) is 4.72 Å². The van der Waals surface area contributed by atoms with E-state index in [-0.39, 0.29) is 11.2 Å². The first-order valence-corrected chi connectivity index (χ1v) is 8.28. The zero-order valence-corrected chi connectivity index (χ0v) is 13.5. The van der Waals surface area contributed by atoms with Gasteiger partial charge in [0, 0.05) is 6.20 Å². The van der Waals surface area contributed by atoms with Crippen LogP contribution in [0.1, 0.15) is 26.3 Å². The molecule has 4 nitrogen and oxygen atoms in total. The zero-order chi connectivity index (χ0) is 15.9. The molecule has 1 aromatic rings. The van der Waals surface area contributed by atoms with Crippen LogP contribution in [-0.2, 0) is 15.8 Å². The summed E-state index contributed by atoms with van der Waals surface area (Å²) in [6.45, 7) is 9.45. The van der Waals surface area contributed by atoms with Crippen molar-refractivity contribution in [2.45, 2.75) is 26.5 Å². The van der Waals surface area contributed by atoms with Gasteiger partial charge in [-0.1, -0.05) is 63.8 Å². The number of benzene rings is 1. The van der Waals surface area contributed by atoms with E-state index in [0.717, 1.165) is 5.56 Å². The number of hydrogen-bond acceptors (Lipinski definition) is 3. The first-order chi connectivity index (χ1) is 9.72. The number of nitrogens with zero attached hydrogens (tertiary/aromatic N) is 1. The highest BCUT2D eigenvalue weighted by molar-refractivity contribution is 7.88. The summed E-state index contributed by atoms with van der Waals surface area (Å²) in [5.74, 6) is -0.0722. The van der Waals surface area contributed by atoms with E-state index in [1.807, 2.05) is 45.0 Å². The normalized spacial score (nSPS) is 13.4. The molecule has 0 heterocycles. The molecule has 0 aliphatic heterocycles.